The van der Waals surface area contributed by atoms with E-state index < -0.39 is 0 Å². The van der Waals surface area contributed by atoms with Crippen molar-refractivity contribution < 1.29 is 0 Å². The van der Waals surface area contributed by atoms with Crippen molar-refractivity contribution in [3.05, 3.63) is 224 Å². The summed E-state index contributed by atoms with van der Waals surface area (Å²) in [5.74, 6) is 0.658. The predicted octanol–water partition coefficient (Wildman–Crippen LogP) is 15.5. The summed E-state index contributed by atoms with van der Waals surface area (Å²) in [6.45, 7) is 0.912. The molecule has 0 saturated heterocycles. The Morgan fingerprint density at radius 3 is 1.98 bits per heavy atom. The Bertz CT molecular complexity index is 3660. The van der Waals surface area contributed by atoms with E-state index in [0.29, 0.717) is 5.95 Å². The van der Waals surface area contributed by atoms with Crippen LogP contribution in [0.15, 0.2) is 218 Å². The molecule has 0 amide bonds. The molecule has 0 N–H and O–H groups in total. The minimum absolute atomic E-state index is 0.0526. The molecule has 0 radical (unpaired) electrons. The Kier molecular flexibility index (Phi) is 8.40. The van der Waals surface area contributed by atoms with E-state index in [-0.39, 0.29) is 5.41 Å². The largest absolute Gasteiger partial charge is 0.340 e. The minimum Gasteiger partial charge on any atom is -0.340 e. The van der Waals surface area contributed by atoms with Crippen LogP contribution in [0.4, 0.5) is 11.4 Å². The van der Waals surface area contributed by atoms with Gasteiger partial charge >= 0.3 is 0 Å². The molecule has 5 heteroatoms. The van der Waals surface area contributed by atoms with Gasteiger partial charge in [0.25, 0.3) is 0 Å². The summed E-state index contributed by atoms with van der Waals surface area (Å²) in [5, 5.41) is 4.79. The van der Waals surface area contributed by atoms with Crippen molar-refractivity contribution in [3.8, 4) is 49.9 Å². The molecule has 1 spiro atoms. The van der Waals surface area contributed by atoms with Gasteiger partial charge in [-0.15, -0.1) is 11.3 Å². The first-order chi connectivity index (χ1) is 31.7. The van der Waals surface area contributed by atoms with Crippen molar-refractivity contribution in [2.75, 3.05) is 11.4 Å². The standard InChI is InChI=1S/C59H40N4S/c1-5-15-39(16-6-1)40-23-25-43(26-24-40)56-57-50(37-54(64-57)42-18-7-2-8-19-42)60-58(61-56)63-51-31-29-44(35-48(51)55-47-22-12-11-17-41(47)28-32-52(55)63)45-27-30-49-53(36-45)62(46-20-9-3-10-21-46)38-59(49)33-13-4-14-34-59/h1-33,35-37H,34,38H2. The van der Waals surface area contributed by atoms with Crippen molar-refractivity contribution in [2.45, 2.75) is 11.8 Å². The van der Waals surface area contributed by atoms with Crippen LogP contribution in [0.25, 0.3) is 92.7 Å². The van der Waals surface area contributed by atoms with Gasteiger partial charge in [-0.2, -0.15) is 0 Å². The number of hydrogen-bond donors (Lipinski definition) is 0. The van der Waals surface area contributed by atoms with E-state index in [1.807, 2.05) is 0 Å². The van der Waals surface area contributed by atoms with Crippen LogP contribution in [-0.4, -0.2) is 21.1 Å². The van der Waals surface area contributed by atoms with Crippen molar-refractivity contribution in [3.63, 3.8) is 0 Å². The van der Waals surface area contributed by atoms with Gasteiger partial charge in [0, 0.05) is 44.5 Å². The highest BCUT2D eigenvalue weighted by atomic mass is 32.1. The highest BCUT2D eigenvalue weighted by Gasteiger charge is 2.41. The fraction of sp³-hybridized carbons (Fsp3) is 0.0508. The minimum atomic E-state index is -0.0526. The van der Waals surface area contributed by atoms with Gasteiger partial charge in [-0.25, -0.2) is 9.97 Å². The number of nitrogens with zero attached hydrogens (tertiary/aromatic N) is 4. The third-order valence-corrected chi connectivity index (χ3v) is 14.5. The fourth-order valence-electron chi connectivity index (χ4n) is 10.2. The van der Waals surface area contributed by atoms with E-state index in [9.17, 15) is 0 Å². The normalized spacial score (nSPS) is 15.6. The average molecular weight is 837 g/mol. The number of fused-ring (bicyclic) bond motifs is 8. The van der Waals surface area contributed by atoms with E-state index in [1.165, 1.54) is 71.2 Å². The molecule has 2 aliphatic rings. The lowest BCUT2D eigenvalue weighted by atomic mass is 9.77. The first kappa shape index (κ1) is 36.8. The topological polar surface area (TPSA) is 34.0 Å². The molecule has 64 heavy (non-hydrogen) atoms. The Hall–Kier alpha value is -7.86. The number of para-hydroxylation sites is 1. The third-order valence-electron chi connectivity index (χ3n) is 13.3. The first-order valence-electron chi connectivity index (χ1n) is 22.0. The maximum absolute atomic E-state index is 5.55. The van der Waals surface area contributed by atoms with E-state index >= 15 is 0 Å². The van der Waals surface area contributed by atoms with Gasteiger partial charge in [-0.1, -0.05) is 176 Å². The summed E-state index contributed by atoms with van der Waals surface area (Å²) in [5.41, 5.74) is 14.8. The quantitative estimate of drug-likeness (QED) is 0.167. The Morgan fingerprint density at radius 1 is 0.516 bits per heavy atom. The molecule has 1 unspecified atom stereocenters. The maximum atomic E-state index is 5.55. The molecule has 0 bridgehead atoms. The monoisotopic (exact) mass is 836 g/mol. The molecule has 11 aromatic rings. The average Bonchev–Trinajstić information content (AvgIpc) is 4.05. The Labute approximate surface area is 375 Å². The molecule has 13 rings (SSSR count). The molecule has 3 aromatic heterocycles. The molecular formula is C59H40N4S. The summed E-state index contributed by atoms with van der Waals surface area (Å²) in [4.78, 5) is 14.7. The van der Waals surface area contributed by atoms with Gasteiger partial charge in [0.1, 0.15) is 0 Å². The molecule has 0 fully saturated rings. The Morgan fingerprint density at radius 2 is 1.19 bits per heavy atom. The van der Waals surface area contributed by atoms with Crippen molar-refractivity contribution in [1.29, 1.82) is 0 Å². The van der Waals surface area contributed by atoms with E-state index in [4.69, 9.17) is 9.97 Å². The lowest BCUT2D eigenvalue weighted by Gasteiger charge is -2.28. The van der Waals surface area contributed by atoms with E-state index in [1.54, 1.807) is 11.3 Å². The molecule has 4 heterocycles. The van der Waals surface area contributed by atoms with Crippen LogP contribution in [0.1, 0.15) is 12.0 Å². The highest BCUT2D eigenvalue weighted by Crippen LogP contribution is 2.50. The number of anilines is 2. The van der Waals surface area contributed by atoms with Crippen LogP contribution in [0.2, 0.25) is 0 Å². The molecule has 0 saturated carbocycles. The molecular weight excluding hydrogens is 797 g/mol. The lowest BCUT2D eigenvalue weighted by molar-refractivity contribution is 0.579. The first-order valence-corrected chi connectivity index (χ1v) is 22.8. The van der Waals surface area contributed by atoms with Gasteiger partial charge in [-0.3, -0.25) is 4.57 Å². The predicted molar refractivity (Wildman–Crippen MR) is 269 cm³/mol. The van der Waals surface area contributed by atoms with Crippen molar-refractivity contribution >= 4 is 65.5 Å². The number of hydrogen-bond acceptors (Lipinski definition) is 4. The van der Waals surface area contributed by atoms with Crippen LogP contribution in [0.3, 0.4) is 0 Å². The SMILES string of the molecule is C1=CCC2(C=C1)CN(c1ccccc1)c1cc(-c3ccc4c(c3)c3c5ccccc5ccc3n4-c3nc(-c4ccc(-c5ccccc5)cc4)c4sc(-c5ccccc5)cc4n3)ccc12. The number of aromatic nitrogens is 3. The van der Waals surface area contributed by atoms with Crippen LogP contribution >= 0.6 is 11.3 Å². The summed E-state index contributed by atoms with van der Waals surface area (Å²) < 4.78 is 3.36. The second-order valence-electron chi connectivity index (χ2n) is 17.1. The lowest BCUT2D eigenvalue weighted by Crippen LogP contribution is -2.29. The van der Waals surface area contributed by atoms with Gasteiger partial charge in [0.15, 0.2) is 0 Å². The molecule has 1 aliphatic carbocycles. The summed E-state index contributed by atoms with van der Waals surface area (Å²) in [6.07, 6.45) is 10.1. The molecule has 4 nitrogen and oxygen atoms in total. The molecule has 8 aromatic carbocycles. The third kappa shape index (κ3) is 5.89. The van der Waals surface area contributed by atoms with Gasteiger partial charge in [0.2, 0.25) is 5.95 Å². The summed E-state index contributed by atoms with van der Waals surface area (Å²) >= 11 is 1.76. The van der Waals surface area contributed by atoms with Crippen LogP contribution in [-0.2, 0) is 5.41 Å². The molecule has 302 valence electrons. The van der Waals surface area contributed by atoms with Crippen LogP contribution in [0, 0.1) is 0 Å². The summed E-state index contributed by atoms with van der Waals surface area (Å²) in [6, 6.07) is 70.3. The summed E-state index contributed by atoms with van der Waals surface area (Å²) in [7, 11) is 0. The zero-order valence-corrected chi connectivity index (χ0v) is 35.7. The van der Waals surface area contributed by atoms with E-state index in [0.717, 1.165) is 45.5 Å². The Balaban J connectivity index is 1.01. The second kappa shape index (κ2) is 14.6. The maximum Gasteiger partial charge on any atom is 0.235 e. The molecule has 1 atom stereocenters. The van der Waals surface area contributed by atoms with Crippen LogP contribution in [0.5, 0.6) is 0 Å². The number of thiophene rings is 1. The number of benzene rings is 8. The molecule has 1 aliphatic heterocycles. The van der Waals surface area contributed by atoms with Gasteiger partial charge in [-0.05, 0) is 93.0 Å². The van der Waals surface area contributed by atoms with Crippen molar-refractivity contribution in [1.82, 2.24) is 14.5 Å². The zero-order valence-electron chi connectivity index (χ0n) is 34.9. The van der Waals surface area contributed by atoms with Crippen LogP contribution < -0.4 is 4.90 Å². The van der Waals surface area contributed by atoms with Gasteiger partial charge in [0.05, 0.1) is 26.9 Å². The van der Waals surface area contributed by atoms with Crippen molar-refractivity contribution in [2.24, 2.45) is 0 Å². The highest BCUT2D eigenvalue weighted by molar-refractivity contribution is 7.22. The smallest absolute Gasteiger partial charge is 0.235 e. The number of allylic oxidation sites excluding steroid dienone is 3. The van der Waals surface area contributed by atoms with Gasteiger partial charge < -0.3 is 4.90 Å². The second-order valence-corrected chi connectivity index (χ2v) is 18.1. The number of rotatable bonds is 6. The van der Waals surface area contributed by atoms with E-state index in [2.05, 4.69) is 228 Å². The zero-order chi connectivity index (χ0) is 42.2. The fourth-order valence-corrected chi connectivity index (χ4v) is 11.3.